The first kappa shape index (κ1) is 54.5. The van der Waals surface area contributed by atoms with Crippen LogP contribution in [0.2, 0.25) is 18.1 Å². The Bertz CT molecular complexity index is 2880. The van der Waals surface area contributed by atoms with Crippen molar-refractivity contribution < 1.29 is 45.7 Å². The smallest absolute Gasteiger partial charge is 0.413 e. The highest BCUT2D eigenvalue weighted by Crippen LogP contribution is 2.53. The Labute approximate surface area is 431 Å². The normalized spacial score (nSPS) is 19.2. The van der Waals surface area contributed by atoms with Crippen LogP contribution >= 0.6 is 6.89 Å². The number of likely N-dealkylation sites (tertiary alicyclic amines) is 1. The number of nitrogens with zero attached hydrogens (tertiary/aromatic N) is 2. The molecular formula is C57H66N3O10PSSi. The number of Topliss-reactive ketones (excluding diaryl/α,β-unsaturated/α-hetero) is 1. The zero-order valence-corrected chi connectivity index (χ0v) is 45.3. The summed E-state index contributed by atoms with van der Waals surface area (Å²) in [5, 5.41) is 4.65. The first-order valence-corrected chi connectivity index (χ1v) is 30.6. The molecule has 2 amide bonds. The molecule has 5 aromatic rings. The van der Waals surface area contributed by atoms with E-state index in [9.17, 15) is 13.2 Å². The highest BCUT2D eigenvalue weighted by atomic mass is 32.2. The monoisotopic (exact) mass is 1040 g/mol. The molecule has 2 aliphatic rings. The van der Waals surface area contributed by atoms with Crippen LogP contribution in [-0.2, 0) is 42.6 Å². The minimum Gasteiger partial charge on any atom is -0.457 e. The van der Waals surface area contributed by atoms with Gasteiger partial charge in [0.15, 0.2) is 8.32 Å². The van der Waals surface area contributed by atoms with Gasteiger partial charge in [-0.2, -0.15) is 8.42 Å². The van der Waals surface area contributed by atoms with E-state index >= 15 is 14.4 Å². The van der Waals surface area contributed by atoms with Gasteiger partial charge in [-0.3, -0.25) is 19.1 Å². The van der Waals surface area contributed by atoms with Crippen LogP contribution in [0, 0.1) is 24.7 Å². The average Bonchev–Trinajstić information content (AvgIpc) is 3.36. The van der Waals surface area contributed by atoms with Crippen molar-refractivity contribution in [3.05, 3.63) is 170 Å². The minimum absolute atomic E-state index is 0.0282. The van der Waals surface area contributed by atoms with E-state index in [1.807, 2.05) is 105 Å². The molecule has 16 heteroatoms. The van der Waals surface area contributed by atoms with Crippen molar-refractivity contribution in [1.82, 2.24) is 9.88 Å². The SMILES string of the molecule is C=CCOC(=O)Nc1cc(C(OS(=O)(=O)c2ccc(C)cc2)C2CCC[C@H]([C@@H]3[C@@H]([C@@H](C)O[Si](C)(C)C(C)(C)C)C(=O)N3C(C(=O)OCC=C)=P(c3ccccc3)(c3ccccc3)c3ccccc3)C2=O)ccn1. The number of aromatic nitrogens is 1. The number of benzene rings is 4. The molecule has 7 rings (SSSR count). The van der Waals surface area contributed by atoms with Crippen LogP contribution < -0.4 is 21.2 Å². The molecule has 0 radical (unpaired) electrons. The van der Waals surface area contributed by atoms with E-state index in [1.165, 1.54) is 41.4 Å². The quantitative estimate of drug-likeness (QED) is 0.0209. The molecule has 1 saturated heterocycles. The van der Waals surface area contributed by atoms with Gasteiger partial charge in [-0.05, 0) is 90.6 Å². The zero-order valence-electron chi connectivity index (χ0n) is 42.6. The molecule has 2 fully saturated rings. The highest BCUT2D eigenvalue weighted by molar-refractivity contribution is 7.96. The van der Waals surface area contributed by atoms with Crippen molar-refractivity contribution in [2.45, 2.75) is 95.2 Å². The van der Waals surface area contributed by atoms with E-state index in [0.29, 0.717) is 12.8 Å². The summed E-state index contributed by atoms with van der Waals surface area (Å²) < 4.78 is 53.3. The molecule has 0 bridgehead atoms. The molecule has 384 valence electrons. The number of carbonyl (C=O) groups is 4. The van der Waals surface area contributed by atoms with E-state index in [2.05, 4.69) is 57.3 Å². The first-order valence-electron chi connectivity index (χ1n) is 24.5. The molecule has 4 aromatic carbocycles. The van der Waals surface area contributed by atoms with Crippen molar-refractivity contribution in [1.29, 1.82) is 0 Å². The molecule has 2 unspecified atom stereocenters. The Balaban J connectivity index is 1.47. The summed E-state index contributed by atoms with van der Waals surface area (Å²) >= 11 is 0. The lowest BCUT2D eigenvalue weighted by molar-refractivity contribution is -0.164. The molecule has 2 heterocycles. The number of rotatable bonds is 19. The van der Waals surface area contributed by atoms with Gasteiger partial charge in [-0.25, -0.2) is 14.6 Å². The predicted octanol–water partition coefficient (Wildman–Crippen LogP) is 9.65. The minimum atomic E-state index is -4.54. The van der Waals surface area contributed by atoms with Crippen molar-refractivity contribution in [2.75, 3.05) is 18.5 Å². The topological polar surface area (TPSA) is 168 Å². The van der Waals surface area contributed by atoms with E-state index < -0.39 is 79.3 Å². The fourth-order valence-electron chi connectivity index (χ4n) is 9.74. The van der Waals surface area contributed by atoms with Gasteiger partial charge in [0, 0.05) is 24.9 Å². The fourth-order valence-corrected chi connectivity index (χ4v) is 16.7. The number of pyridine rings is 1. The second-order valence-corrected chi connectivity index (χ2v) is 29.7. The molecule has 0 spiro atoms. The Morgan fingerprint density at radius 3 is 1.92 bits per heavy atom. The maximum Gasteiger partial charge on any atom is 0.413 e. The van der Waals surface area contributed by atoms with Crippen LogP contribution in [-0.4, -0.2) is 81.1 Å². The van der Waals surface area contributed by atoms with Crippen molar-refractivity contribution in [3.63, 3.8) is 0 Å². The standard InChI is InChI=1S/C57H66N3O10PSSi/c1-10-36-67-55(63)54(71(42-22-15-12-16-23-42,43-24-17-13-18-25-43)44-26-19-14-20-27-44)60-50(49(53(60)62)40(4)70-73(8,9)57(5,6)7)46-28-21-29-47(51(46)61)52(69-72(65,66)45-32-30-39(3)31-33-45)41-34-35-58-48(38-41)59-56(64)68-37-11-2/h10-20,22-27,30-35,38,40,46-47,49-50,52H,1-2,21,28-29,36-37H2,3-9H3,(H,58,59,64)/t40-,46-,47?,49-,50-,52?/m1/s1. The lowest BCUT2D eigenvalue weighted by Gasteiger charge is -2.56. The number of ether oxygens (including phenoxy) is 2. The second-order valence-electron chi connectivity index (χ2n) is 20.0. The second kappa shape index (κ2) is 22.9. The number of aryl methyl sites for hydroxylation is 1. The Morgan fingerprint density at radius 2 is 1.38 bits per heavy atom. The number of ketones is 1. The summed E-state index contributed by atoms with van der Waals surface area (Å²) in [5.41, 5.74) is 1.18. The van der Waals surface area contributed by atoms with E-state index in [1.54, 1.807) is 18.2 Å². The number of amides is 2. The van der Waals surface area contributed by atoms with Crippen LogP contribution in [0.5, 0.6) is 0 Å². The van der Waals surface area contributed by atoms with E-state index in [4.69, 9.17) is 18.1 Å². The molecule has 1 aliphatic heterocycles. The lowest BCUT2D eigenvalue weighted by Crippen LogP contribution is -2.72. The molecule has 6 atom stereocenters. The average molecular weight is 1040 g/mol. The van der Waals surface area contributed by atoms with Gasteiger partial charge in [-0.15, -0.1) is 0 Å². The maximum absolute atomic E-state index is 16.0. The van der Waals surface area contributed by atoms with Gasteiger partial charge in [0.05, 0.1) is 23.0 Å². The van der Waals surface area contributed by atoms with E-state index in [-0.39, 0.29) is 52.2 Å². The van der Waals surface area contributed by atoms with Gasteiger partial charge in [0.25, 0.3) is 10.1 Å². The summed E-state index contributed by atoms with van der Waals surface area (Å²) in [6, 6.07) is 37.1. The van der Waals surface area contributed by atoms with Crippen LogP contribution in [0.3, 0.4) is 0 Å². The molecule has 1 saturated carbocycles. The van der Waals surface area contributed by atoms with E-state index in [0.717, 1.165) is 21.5 Å². The van der Waals surface area contributed by atoms with Gasteiger partial charge < -0.3 is 18.8 Å². The van der Waals surface area contributed by atoms with Gasteiger partial charge in [-0.1, -0.05) is 161 Å². The Morgan fingerprint density at radius 1 is 0.836 bits per heavy atom. The number of hydrogen-bond donors (Lipinski definition) is 1. The molecule has 13 nitrogen and oxygen atoms in total. The summed E-state index contributed by atoms with van der Waals surface area (Å²) in [5.74, 6) is -4.45. The number of anilines is 1. The first-order chi connectivity index (χ1) is 34.8. The van der Waals surface area contributed by atoms with Gasteiger partial charge >= 0.3 is 12.1 Å². The molecular weight excluding hydrogens is 978 g/mol. The maximum atomic E-state index is 16.0. The summed E-state index contributed by atoms with van der Waals surface area (Å²) in [7, 11) is -7.12. The zero-order chi connectivity index (χ0) is 52.7. The van der Waals surface area contributed by atoms with Gasteiger partial charge in [0.2, 0.25) is 5.91 Å². The third-order valence-corrected chi connectivity index (χ3v) is 24.4. The third kappa shape index (κ3) is 11.5. The molecule has 1 aromatic heterocycles. The lowest BCUT2D eigenvalue weighted by atomic mass is 9.66. The number of β-lactam (4-membered cyclic amide) rings is 1. The molecule has 1 N–H and O–H groups in total. The summed E-state index contributed by atoms with van der Waals surface area (Å²) in [6.45, 7) is 18.0. The number of carbonyl (C=O) groups excluding carboxylic acids is 4. The molecule has 73 heavy (non-hydrogen) atoms. The number of hydrogen-bond acceptors (Lipinski definition) is 11. The van der Waals surface area contributed by atoms with Crippen molar-refractivity contribution in [2.24, 2.45) is 17.8 Å². The summed E-state index contributed by atoms with van der Waals surface area (Å²) in [4.78, 5) is 65.8. The van der Waals surface area contributed by atoms with Gasteiger partial charge in [0.1, 0.15) is 36.3 Å². The van der Waals surface area contributed by atoms with Crippen LogP contribution in [0.4, 0.5) is 10.6 Å². The highest BCUT2D eigenvalue weighted by Gasteiger charge is 2.61. The Hall–Kier alpha value is -6.22. The molecule has 1 aliphatic carbocycles. The summed E-state index contributed by atoms with van der Waals surface area (Å²) in [6.07, 6.45) is 2.24. The van der Waals surface area contributed by atoms with Crippen LogP contribution in [0.1, 0.15) is 64.2 Å². The fraction of sp³-hybridized carbons (Fsp3) is 0.333. The third-order valence-electron chi connectivity index (χ3n) is 14.2. The number of esters is 1. The van der Waals surface area contributed by atoms with Crippen LogP contribution in [0.15, 0.2) is 164 Å². The van der Waals surface area contributed by atoms with Crippen molar-refractivity contribution in [3.8, 4) is 0 Å². The Kier molecular flexibility index (Phi) is 17.1. The predicted molar refractivity (Wildman–Crippen MR) is 291 cm³/mol. The number of nitrogens with one attached hydrogen (secondary N) is 1. The van der Waals surface area contributed by atoms with Crippen LogP contribution in [0.25, 0.3) is 0 Å². The van der Waals surface area contributed by atoms with Crippen molar-refractivity contribution >= 4 is 76.2 Å². The largest absolute Gasteiger partial charge is 0.457 e.